The van der Waals surface area contributed by atoms with Crippen LogP contribution >= 0.6 is 0 Å². The predicted molar refractivity (Wildman–Crippen MR) is 122 cm³/mol. The molecule has 160 valence electrons. The maximum Gasteiger partial charge on any atom is 0.203 e. The number of hydrogen-bond acceptors (Lipinski definition) is 5. The van der Waals surface area contributed by atoms with Crippen LogP contribution in [0.1, 0.15) is 11.1 Å². The second-order valence-electron chi connectivity index (χ2n) is 7.28. The first kappa shape index (κ1) is 20.6. The third kappa shape index (κ3) is 3.89. The lowest BCUT2D eigenvalue weighted by atomic mass is 10.1. The van der Waals surface area contributed by atoms with E-state index in [0.717, 1.165) is 28.2 Å². The van der Waals surface area contributed by atoms with E-state index in [0.29, 0.717) is 23.8 Å². The molecule has 0 saturated heterocycles. The van der Waals surface area contributed by atoms with Crippen LogP contribution < -0.4 is 18.9 Å². The summed E-state index contributed by atoms with van der Waals surface area (Å²) in [5.41, 5.74) is 5.17. The maximum absolute atomic E-state index is 5.56. The van der Waals surface area contributed by atoms with E-state index in [4.69, 9.17) is 23.9 Å². The summed E-state index contributed by atoms with van der Waals surface area (Å²) < 4.78 is 24.2. The first-order valence-corrected chi connectivity index (χ1v) is 9.98. The zero-order valence-corrected chi connectivity index (χ0v) is 18.4. The van der Waals surface area contributed by atoms with Crippen molar-refractivity contribution in [1.29, 1.82) is 0 Å². The van der Waals surface area contributed by atoms with E-state index in [1.165, 1.54) is 11.1 Å². The first-order chi connectivity index (χ1) is 15.1. The minimum absolute atomic E-state index is 0.552. The summed E-state index contributed by atoms with van der Waals surface area (Å²) in [6, 6.07) is 18.3. The summed E-state index contributed by atoms with van der Waals surface area (Å²) >= 11 is 0. The quantitative estimate of drug-likeness (QED) is 0.418. The van der Waals surface area contributed by atoms with Crippen LogP contribution in [0.25, 0.3) is 22.4 Å². The third-order valence-corrected chi connectivity index (χ3v) is 5.34. The summed E-state index contributed by atoms with van der Waals surface area (Å²) in [6.07, 6.45) is 0. The van der Waals surface area contributed by atoms with Gasteiger partial charge in [0.05, 0.1) is 39.5 Å². The van der Waals surface area contributed by atoms with Crippen LogP contribution in [0, 0.1) is 6.92 Å². The summed E-state index contributed by atoms with van der Waals surface area (Å²) in [5, 5.41) is 0. The number of aryl methyl sites for hydroxylation is 1. The Balaban J connectivity index is 1.93. The van der Waals surface area contributed by atoms with E-state index >= 15 is 0 Å². The van der Waals surface area contributed by atoms with Gasteiger partial charge in [0, 0.05) is 18.2 Å². The van der Waals surface area contributed by atoms with Gasteiger partial charge in [-0.15, -0.1) is 0 Å². The number of hydrogen-bond donors (Lipinski definition) is 0. The Morgan fingerprint density at radius 3 is 2.03 bits per heavy atom. The molecule has 6 heteroatoms. The second kappa shape index (κ2) is 8.60. The van der Waals surface area contributed by atoms with E-state index in [2.05, 4.69) is 35.8 Å². The number of fused-ring (bicyclic) bond motifs is 1. The lowest BCUT2D eigenvalue weighted by Crippen LogP contribution is -2.03. The molecule has 0 bridgehead atoms. The van der Waals surface area contributed by atoms with Crippen LogP contribution in [0.2, 0.25) is 0 Å². The molecule has 0 fully saturated rings. The Kier molecular flexibility index (Phi) is 5.71. The van der Waals surface area contributed by atoms with Crippen molar-refractivity contribution >= 4 is 11.0 Å². The Labute approximate surface area is 182 Å². The lowest BCUT2D eigenvalue weighted by molar-refractivity contribution is 0.324. The van der Waals surface area contributed by atoms with Crippen molar-refractivity contribution in [2.75, 3.05) is 28.4 Å². The van der Waals surface area contributed by atoms with Gasteiger partial charge in [0.25, 0.3) is 0 Å². The highest BCUT2D eigenvalue weighted by Gasteiger charge is 2.19. The number of benzene rings is 3. The van der Waals surface area contributed by atoms with Gasteiger partial charge in [0.15, 0.2) is 11.5 Å². The molecule has 0 spiro atoms. The predicted octanol–water partition coefficient (Wildman–Crippen LogP) is 5.09. The van der Waals surface area contributed by atoms with Crippen LogP contribution in [0.4, 0.5) is 0 Å². The fourth-order valence-corrected chi connectivity index (χ4v) is 3.70. The van der Waals surface area contributed by atoms with Crippen molar-refractivity contribution in [2.24, 2.45) is 0 Å². The highest BCUT2D eigenvalue weighted by atomic mass is 16.5. The fraction of sp³-hybridized carbons (Fsp3) is 0.240. The maximum atomic E-state index is 5.56. The van der Waals surface area contributed by atoms with Gasteiger partial charge in [0.1, 0.15) is 11.6 Å². The Morgan fingerprint density at radius 1 is 0.774 bits per heavy atom. The van der Waals surface area contributed by atoms with E-state index in [-0.39, 0.29) is 0 Å². The average Bonchev–Trinajstić information content (AvgIpc) is 3.16. The van der Waals surface area contributed by atoms with Crippen molar-refractivity contribution < 1.29 is 18.9 Å². The molecule has 0 radical (unpaired) electrons. The standard InChI is InChI=1S/C25H26N2O4/c1-16-6-8-17(9-7-16)15-27-21-11-10-19(28-2)14-20(21)26-25(27)18-12-22(29-3)24(31-5)23(13-18)30-4/h6-14H,15H2,1-5H3. The van der Waals surface area contributed by atoms with E-state index < -0.39 is 0 Å². The summed E-state index contributed by atoms with van der Waals surface area (Å²) in [4.78, 5) is 4.94. The molecule has 4 rings (SSSR count). The van der Waals surface area contributed by atoms with E-state index in [1.807, 2.05) is 30.3 Å². The monoisotopic (exact) mass is 418 g/mol. The number of aromatic nitrogens is 2. The average molecular weight is 418 g/mol. The lowest BCUT2D eigenvalue weighted by Gasteiger charge is -2.15. The van der Waals surface area contributed by atoms with Crippen molar-refractivity contribution in [3.63, 3.8) is 0 Å². The van der Waals surface area contributed by atoms with Gasteiger partial charge in [-0.25, -0.2) is 4.98 Å². The Morgan fingerprint density at radius 2 is 1.45 bits per heavy atom. The molecule has 0 N–H and O–H groups in total. The number of methoxy groups -OCH3 is 4. The van der Waals surface area contributed by atoms with Crippen molar-refractivity contribution in [1.82, 2.24) is 9.55 Å². The third-order valence-electron chi connectivity index (χ3n) is 5.34. The fourth-order valence-electron chi connectivity index (χ4n) is 3.70. The molecule has 4 aromatic rings. The van der Waals surface area contributed by atoms with E-state index in [1.54, 1.807) is 28.4 Å². The highest BCUT2D eigenvalue weighted by Crippen LogP contribution is 2.41. The van der Waals surface area contributed by atoms with Gasteiger partial charge in [-0.1, -0.05) is 29.8 Å². The van der Waals surface area contributed by atoms with Crippen LogP contribution in [0.5, 0.6) is 23.0 Å². The second-order valence-corrected chi connectivity index (χ2v) is 7.28. The molecule has 0 aliphatic rings. The molecule has 0 unspecified atom stereocenters. The topological polar surface area (TPSA) is 54.7 Å². The van der Waals surface area contributed by atoms with Crippen molar-refractivity contribution in [3.8, 4) is 34.4 Å². The van der Waals surface area contributed by atoms with Crippen LogP contribution in [0.3, 0.4) is 0 Å². The highest BCUT2D eigenvalue weighted by molar-refractivity contribution is 5.83. The summed E-state index contributed by atoms with van der Waals surface area (Å²) in [5.74, 6) is 3.30. The van der Waals surface area contributed by atoms with Gasteiger partial charge in [-0.05, 0) is 36.8 Å². The van der Waals surface area contributed by atoms with Crippen LogP contribution in [-0.4, -0.2) is 38.0 Å². The largest absolute Gasteiger partial charge is 0.497 e. The minimum atomic E-state index is 0.552. The molecular weight excluding hydrogens is 392 g/mol. The number of ether oxygens (including phenoxy) is 4. The number of nitrogens with zero attached hydrogens (tertiary/aromatic N) is 2. The molecular formula is C25H26N2O4. The number of rotatable bonds is 7. The van der Waals surface area contributed by atoms with Gasteiger partial charge in [0.2, 0.25) is 5.75 Å². The summed E-state index contributed by atoms with van der Waals surface area (Å²) in [7, 11) is 6.48. The normalized spacial score (nSPS) is 10.9. The number of imidazole rings is 1. The zero-order chi connectivity index (χ0) is 22.0. The molecule has 31 heavy (non-hydrogen) atoms. The molecule has 6 nitrogen and oxygen atoms in total. The molecule has 1 heterocycles. The molecule has 0 atom stereocenters. The molecule has 0 aliphatic heterocycles. The molecule has 1 aromatic heterocycles. The van der Waals surface area contributed by atoms with Gasteiger partial charge < -0.3 is 23.5 Å². The van der Waals surface area contributed by atoms with E-state index in [9.17, 15) is 0 Å². The van der Waals surface area contributed by atoms with Gasteiger partial charge >= 0.3 is 0 Å². The molecule has 3 aromatic carbocycles. The van der Waals surface area contributed by atoms with Gasteiger partial charge in [-0.3, -0.25) is 0 Å². The Bertz CT molecular complexity index is 1190. The van der Waals surface area contributed by atoms with Crippen LogP contribution in [0.15, 0.2) is 54.6 Å². The Hall–Kier alpha value is -3.67. The minimum Gasteiger partial charge on any atom is -0.497 e. The SMILES string of the molecule is COc1ccc2c(c1)nc(-c1cc(OC)c(OC)c(OC)c1)n2Cc1ccc(C)cc1. The molecule has 0 amide bonds. The molecule has 0 aliphatic carbocycles. The first-order valence-electron chi connectivity index (χ1n) is 9.98. The smallest absolute Gasteiger partial charge is 0.203 e. The van der Waals surface area contributed by atoms with Crippen molar-refractivity contribution in [2.45, 2.75) is 13.5 Å². The van der Waals surface area contributed by atoms with Crippen LogP contribution in [-0.2, 0) is 6.54 Å². The zero-order valence-electron chi connectivity index (χ0n) is 18.4. The van der Waals surface area contributed by atoms with Gasteiger partial charge in [-0.2, -0.15) is 0 Å². The molecule has 0 saturated carbocycles. The van der Waals surface area contributed by atoms with Crippen molar-refractivity contribution in [3.05, 3.63) is 65.7 Å². The summed E-state index contributed by atoms with van der Waals surface area (Å²) in [6.45, 7) is 2.76.